The van der Waals surface area contributed by atoms with Crippen LogP contribution in [-0.4, -0.2) is 26.2 Å². The number of carbonyl (C=O) groups excluding carboxylic acids is 1. The summed E-state index contributed by atoms with van der Waals surface area (Å²) >= 11 is 0. The minimum atomic E-state index is -0.0854. The number of carbonyl (C=O) groups is 1. The third-order valence-electron chi connectivity index (χ3n) is 2.94. The van der Waals surface area contributed by atoms with E-state index in [2.05, 4.69) is 5.32 Å². The lowest BCUT2D eigenvalue weighted by Gasteiger charge is -2.12. The Labute approximate surface area is 114 Å². The van der Waals surface area contributed by atoms with Crippen LogP contribution in [0.3, 0.4) is 0 Å². The van der Waals surface area contributed by atoms with Crippen molar-refractivity contribution < 1.29 is 14.3 Å². The van der Waals surface area contributed by atoms with Crippen LogP contribution < -0.4 is 20.5 Å². The molecule has 0 aliphatic heterocycles. The predicted octanol–water partition coefficient (Wildman–Crippen LogP) is 1.45. The molecular weight excluding hydrogens is 244 g/mol. The van der Waals surface area contributed by atoms with Gasteiger partial charge in [-0.3, -0.25) is 4.79 Å². The summed E-state index contributed by atoms with van der Waals surface area (Å²) in [6, 6.07) is 5.41. The Hall–Kier alpha value is -1.75. The van der Waals surface area contributed by atoms with E-state index in [0.29, 0.717) is 18.7 Å². The number of amides is 1. The number of rotatable bonds is 7. The Bertz CT molecular complexity index is 421. The van der Waals surface area contributed by atoms with Crippen molar-refractivity contribution >= 4 is 5.91 Å². The van der Waals surface area contributed by atoms with E-state index < -0.39 is 0 Å². The molecule has 0 saturated carbocycles. The average Bonchev–Trinajstić information content (AvgIpc) is 2.44. The molecule has 5 heteroatoms. The average molecular weight is 266 g/mol. The lowest BCUT2D eigenvalue weighted by atomic mass is 10.1. The predicted molar refractivity (Wildman–Crippen MR) is 74.3 cm³/mol. The Balaban J connectivity index is 2.59. The highest BCUT2D eigenvalue weighted by Gasteiger charge is 2.09. The van der Waals surface area contributed by atoms with Gasteiger partial charge in [0.1, 0.15) is 11.5 Å². The molecule has 1 aromatic rings. The van der Waals surface area contributed by atoms with Crippen molar-refractivity contribution in [1.29, 1.82) is 0 Å². The largest absolute Gasteiger partial charge is 0.497 e. The summed E-state index contributed by atoms with van der Waals surface area (Å²) in [5.41, 5.74) is 6.64. The molecule has 1 rings (SSSR count). The van der Waals surface area contributed by atoms with Crippen molar-refractivity contribution in [3.05, 3.63) is 23.8 Å². The van der Waals surface area contributed by atoms with Crippen molar-refractivity contribution in [1.82, 2.24) is 5.32 Å². The van der Waals surface area contributed by atoms with Crippen LogP contribution in [0.2, 0.25) is 0 Å². The molecule has 106 valence electrons. The number of hydrogen-bond acceptors (Lipinski definition) is 4. The molecule has 0 aromatic heterocycles. The zero-order valence-corrected chi connectivity index (χ0v) is 11.7. The van der Waals surface area contributed by atoms with Gasteiger partial charge in [0.15, 0.2) is 0 Å². The number of methoxy groups -OCH3 is 2. The van der Waals surface area contributed by atoms with Gasteiger partial charge in [0.2, 0.25) is 5.91 Å². The summed E-state index contributed by atoms with van der Waals surface area (Å²) in [6.45, 7) is 2.38. The zero-order valence-electron chi connectivity index (χ0n) is 11.7. The second kappa shape index (κ2) is 7.63. The molecule has 0 aliphatic rings. The topological polar surface area (TPSA) is 73.6 Å². The molecule has 5 nitrogen and oxygen atoms in total. The summed E-state index contributed by atoms with van der Waals surface area (Å²) in [7, 11) is 3.19. The molecule has 0 radical (unpaired) electrons. The fourth-order valence-electron chi connectivity index (χ4n) is 1.65. The maximum absolute atomic E-state index is 11.7. The molecule has 0 saturated heterocycles. The number of nitrogens with two attached hydrogens (primary N) is 1. The molecule has 0 spiro atoms. The van der Waals surface area contributed by atoms with Gasteiger partial charge < -0.3 is 20.5 Å². The van der Waals surface area contributed by atoms with Gasteiger partial charge in [-0.1, -0.05) is 6.92 Å². The summed E-state index contributed by atoms with van der Waals surface area (Å²) in [6.07, 6.45) is 1.13. The normalized spacial score (nSPS) is 11.8. The quantitative estimate of drug-likeness (QED) is 0.783. The molecular formula is C14H22N2O3. The second-order valence-electron chi connectivity index (χ2n) is 4.33. The standard InChI is InChI=1S/C14H22N2O3/c1-4-11(15)7-14(17)16-9-10-5-6-12(18-2)8-13(10)19-3/h5-6,8,11H,4,7,9,15H2,1-3H3,(H,16,17). The Morgan fingerprint density at radius 3 is 2.68 bits per heavy atom. The molecule has 19 heavy (non-hydrogen) atoms. The molecule has 0 fully saturated rings. The van der Waals surface area contributed by atoms with Crippen LogP contribution in [0.25, 0.3) is 0 Å². The molecule has 1 atom stereocenters. The first-order chi connectivity index (χ1) is 9.10. The van der Waals surface area contributed by atoms with Gasteiger partial charge in [0.25, 0.3) is 0 Å². The van der Waals surface area contributed by atoms with E-state index in [9.17, 15) is 4.79 Å². The van der Waals surface area contributed by atoms with Crippen LogP contribution in [0.4, 0.5) is 0 Å². The lowest BCUT2D eigenvalue weighted by Crippen LogP contribution is -2.31. The Morgan fingerprint density at radius 2 is 2.11 bits per heavy atom. The van der Waals surface area contributed by atoms with Crippen LogP contribution in [0, 0.1) is 0 Å². The van der Waals surface area contributed by atoms with Crippen molar-refractivity contribution in [3.8, 4) is 11.5 Å². The van der Waals surface area contributed by atoms with Gasteiger partial charge in [-0.25, -0.2) is 0 Å². The molecule has 3 N–H and O–H groups in total. The SMILES string of the molecule is CCC(N)CC(=O)NCc1ccc(OC)cc1OC. The van der Waals surface area contributed by atoms with Crippen molar-refractivity contribution in [2.24, 2.45) is 5.73 Å². The van der Waals surface area contributed by atoms with Crippen molar-refractivity contribution in [2.45, 2.75) is 32.4 Å². The van der Waals surface area contributed by atoms with Gasteiger partial charge >= 0.3 is 0 Å². The molecule has 0 aliphatic carbocycles. The van der Waals surface area contributed by atoms with Gasteiger partial charge in [0, 0.05) is 30.6 Å². The Kier molecular flexibility index (Phi) is 6.15. The van der Waals surface area contributed by atoms with Crippen LogP contribution in [0.5, 0.6) is 11.5 Å². The zero-order chi connectivity index (χ0) is 14.3. The van der Waals surface area contributed by atoms with Crippen molar-refractivity contribution in [3.63, 3.8) is 0 Å². The number of benzene rings is 1. The first kappa shape index (κ1) is 15.3. The highest BCUT2D eigenvalue weighted by molar-refractivity contribution is 5.76. The third kappa shape index (κ3) is 4.79. The number of nitrogens with one attached hydrogen (secondary N) is 1. The van der Waals surface area contributed by atoms with Crippen LogP contribution in [0.15, 0.2) is 18.2 Å². The van der Waals surface area contributed by atoms with E-state index in [1.165, 1.54) is 0 Å². The van der Waals surface area contributed by atoms with E-state index in [4.69, 9.17) is 15.2 Å². The summed E-state index contributed by atoms with van der Waals surface area (Å²) in [5.74, 6) is 1.37. The number of ether oxygens (including phenoxy) is 2. The van der Waals surface area contributed by atoms with Gasteiger partial charge in [0.05, 0.1) is 14.2 Å². The fraction of sp³-hybridized carbons (Fsp3) is 0.500. The summed E-state index contributed by atoms with van der Waals surface area (Å²) in [4.78, 5) is 11.7. The summed E-state index contributed by atoms with van der Waals surface area (Å²) in [5, 5.41) is 2.84. The molecule has 1 unspecified atom stereocenters. The van der Waals surface area contributed by atoms with Crippen LogP contribution in [0.1, 0.15) is 25.3 Å². The van der Waals surface area contributed by atoms with Crippen LogP contribution >= 0.6 is 0 Å². The summed E-state index contributed by atoms with van der Waals surface area (Å²) < 4.78 is 10.4. The van der Waals surface area contributed by atoms with E-state index in [-0.39, 0.29) is 11.9 Å². The maximum Gasteiger partial charge on any atom is 0.221 e. The maximum atomic E-state index is 11.7. The van der Waals surface area contributed by atoms with Gasteiger partial charge in [-0.2, -0.15) is 0 Å². The smallest absolute Gasteiger partial charge is 0.221 e. The van der Waals surface area contributed by atoms with E-state index in [1.54, 1.807) is 20.3 Å². The van der Waals surface area contributed by atoms with Gasteiger partial charge in [-0.15, -0.1) is 0 Å². The Morgan fingerprint density at radius 1 is 1.37 bits per heavy atom. The number of hydrogen-bond donors (Lipinski definition) is 2. The third-order valence-corrected chi connectivity index (χ3v) is 2.94. The fourth-order valence-corrected chi connectivity index (χ4v) is 1.65. The minimum Gasteiger partial charge on any atom is -0.497 e. The molecule has 1 aromatic carbocycles. The molecule has 0 heterocycles. The van der Waals surface area contributed by atoms with E-state index in [0.717, 1.165) is 17.7 Å². The van der Waals surface area contributed by atoms with E-state index in [1.807, 2.05) is 19.1 Å². The first-order valence-electron chi connectivity index (χ1n) is 6.33. The monoisotopic (exact) mass is 266 g/mol. The lowest BCUT2D eigenvalue weighted by molar-refractivity contribution is -0.121. The molecule has 1 amide bonds. The molecule has 0 bridgehead atoms. The highest BCUT2D eigenvalue weighted by atomic mass is 16.5. The highest BCUT2D eigenvalue weighted by Crippen LogP contribution is 2.24. The van der Waals surface area contributed by atoms with E-state index >= 15 is 0 Å². The first-order valence-corrected chi connectivity index (χ1v) is 6.33. The van der Waals surface area contributed by atoms with Crippen LogP contribution in [-0.2, 0) is 11.3 Å². The van der Waals surface area contributed by atoms with Crippen molar-refractivity contribution in [2.75, 3.05) is 14.2 Å². The minimum absolute atomic E-state index is 0.0489. The van der Waals surface area contributed by atoms with Gasteiger partial charge in [-0.05, 0) is 18.6 Å². The second-order valence-corrected chi connectivity index (χ2v) is 4.33.